The van der Waals surface area contributed by atoms with Crippen LogP contribution in [0.1, 0.15) is 109 Å². The molecule has 5 atom stereocenters. The Morgan fingerprint density at radius 1 is 0.955 bits per heavy atom. The Labute approximate surface area is 380 Å². The minimum Gasteiger partial charge on any atom is -0.376 e. The van der Waals surface area contributed by atoms with Crippen LogP contribution in [0.15, 0.2) is 85.5 Å². The van der Waals surface area contributed by atoms with Crippen molar-refractivity contribution in [2.24, 2.45) is 10.3 Å². The van der Waals surface area contributed by atoms with Gasteiger partial charge in [0.05, 0.1) is 34.4 Å². The lowest BCUT2D eigenvalue weighted by Crippen LogP contribution is -2.41. The summed E-state index contributed by atoms with van der Waals surface area (Å²) >= 11 is 0. The number of hydrogen-bond donors (Lipinski definition) is 1. The first-order chi connectivity index (χ1) is 31.4. The maximum atomic E-state index is 15.6. The molecule has 7 heterocycles. The fourth-order valence-electron chi connectivity index (χ4n) is 11.0. The van der Waals surface area contributed by atoms with Crippen LogP contribution in [0.4, 0.5) is 10.1 Å². The number of aryl methyl sites for hydroxylation is 3. The minimum absolute atomic E-state index is 0.0163. The molecule has 4 aromatic heterocycles. The molecule has 17 heteroatoms. The second kappa shape index (κ2) is 14.8. The van der Waals surface area contributed by atoms with Crippen molar-refractivity contribution in [1.29, 1.82) is 0 Å². The van der Waals surface area contributed by atoms with Gasteiger partial charge in [0.15, 0.2) is 5.82 Å². The van der Waals surface area contributed by atoms with Crippen molar-refractivity contribution in [2.45, 2.75) is 96.7 Å². The summed E-state index contributed by atoms with van der Waals surface area (Å²) in [5.74, 6) is 0.334. The van der Waals surface area contributed by atoms with E-state index in [4.69, 9.17) is 14.4 Å². The van der Waals surface area contributed by atoms with E-state index in [2.05, 4.69) is 53.5 Å². The van der Waals surface area contributed by atoms with Crippen LogP contribution >= 0.6 is 0 Å². The van der Waals surface area contributed by atoms with Crippen LogP contribution in [0, 0.1) is 25.6 Å². The van der Waals surface area contributed by atoms with Gasteiger partial charge in [0.1, 0.15) is 22.9 Å². The van der Waals surface area contributed by atoms with E-state index in [1.807, 2.05) is 28.5 Å². The van der Waals surface area contributed by atoms with Crippen LogP contribution < -0.4 is 11.4 Å². The first-order valence-electron chi connectivity index (χ1n) is 22.6. The monoisotopic (exact) mass is 913 g/mol. The Kier molecular flexibility index (Phi) is 9.51. The van der Waals surface area contributed by atoms with E-state index in [-0.39, 0.29) is 34.9 Å². The average molecular weight is 914 g/mol. The summed E-state index contributed by atoms with van der Waals surface area (Å²) in [6, 6.07) is 16.7. The number of halogens is 1. The van der Waals surface area contributed by atoms with Crippen molar-refractivity contribution >= 4 is 32.2 Å². The molecule has 1 saturated carbocycles. The van der Waals surface area contributed by atoms with Crippen molar-refractivity contribution in [3.05, 3.63) is 139 Å². The largest absolute Gasteiger partial charge is 0.438 e. The second-order valence-corrected chi connectivity index (χ2v) is 22.0. The van der Waals surface area contributed by atoms with E-state index < -0.39 is 27.1 Å². The van der Waals surface area contributed by atoms with Gasteiger partial charge in [0.2, 0.25) is 0 Å². The molecule has 1 aliphatic carbocycles. The van der Waals surface area contributed by atoms with Gasteiger partial charge in [0, 0.05) is 70.2 Å². The van der Waals surface area contributed by atoms with E-state index >= 15 is 9.18 Å². The van der Waals surface area contributed by atoms with E-state index in [0.717, 1.165) is 35.0 Å². The van der Waals surface area contributed by atoms with Gasteiger partial charge < -0.3 is 14.2 Å². The van der Waals surface area contributed by atoms with Crippen LogP contribution in [0.5, 0.6) is 0 Å². The molecular weight excluding hydrogens is 862 g/mol. The molecule has 1 unspecified atom stereocenters. The maximum Gasteiger partial charge on any atom is 0.438 e. The van der Waals surface area contributed by atoms with E-state index in [0.29, 0.717) is 89.3 Å². The molecule has 342 valence electrons. The normalized spacial score (nSPS) is 24.5. The maximum absolute atomic E-state index is 15.6. The van der Waals surface area contributed by atoms with Crippen molar-refractivity contribution in [1.82, 2.24) is 38.5 Å². The molecule has 7 aromatic rings. The van der Waals surface area contributed by atoms with Gasteiger partial charge in [-0.3, -0.25) is 23.4 Å². The zero-order valence-corrected chi connectivity index (χ0v) is 38.9. The molecule has 11 rings (SSSR count). The van der Waals surface area contributed by atoms with Gasteiger partial charge in [-0.25, -0.2) is 22.9 Å². The number of fused-ring (bicyclic) bond motifs is 3. The van der Waals surface area contributed by atoms with Gasteiger partial charge in [-0.2, -0.15) is 9.46 Å². The highest BCUT2D eigenvalue weighted by Crippen LogP contribution is 2.56. The SMILES string of the molecule is Cc1cc(-n2nc3c(c2-n2ccn(-c4ccc5c(c4)CCS(C)(=O)=N5)c2=O)[C@H](C)N(C(=O)c2cc4cc([C@H]5CCOC(C)(C)C5)ccc4n2[C@@]2(c4noc(=O)[nH]4)C[C@@H]2C)CC3)cc(C)c1F. The number of ether oxygens (including phenoxy) is 1. The third-order valence-electron chi connectivity index (χ3n) is 14.5. The van der Waals surface area contributed by atoms with Crippen LogP contribution in [0.2, 0.25) is 0 Å². The molecule has 2 fully saturated rings. The Morgan fingerprint density at radius 3 is 2.42 bits per heavy atom. The zero-order chi connectivity index (χ0) is 46.2. The molecule has 1 saturated heterocycles. The predicted molar refractivity (Wildman–Crippen MR) is 248 cm³/mol. The number of aromatic amines is 1. The van der Waals surface area contributed by atoms with Gasteiger partial charge in [0.25, 0.3) is 5.91 Å². The van der Waals surface area contributed by atoms with Gasteiger partial charge >= 0.3 is 11.4 Å². The van der Waals surface area contributed by atoms with Crippen molar-refractivity contribution in [3.8, 4) is 17.2 Å². The summed E-state index contributed by atoms with van der Waals surface area (Å²) in [6.07, 6.45) is 8.40. The summed E-state index contributed by atoms with van der Waals surface area (Å²) in [5.41, 5.74) is 6.06. The van der Waals surface area contributed by atoms with Gasteiger partial charge in [-0.05, 0) is 143 Å². The fraction of sp³-hybridized carbons (Fsp3) is 0.408. The average Bonchev–Trinajstić information content (AvgIpc) is 3.77. The molecule has 3 aliphatic heterocycles. The van der Waals surface area contributed by atoms with E-state index in [9.17, 15) is 13.8 Å². The third-order valence-corrected chi connectivity index (χ3v) is 16.0. The van der Waals surface area contributed by atoms with Crippen molar-refractivity contribution < 1.29 is 22.7 Å². The summed E-state index contributed by atoms with van der Waals surface area (Å²) in [6.45, 7) is 12.7. The number of aromatic nitrogens is 7. The smallest absolute Gasteiger partial charge is 0.376 e. The molecule has 0 bridgehead atoms. The highest BCUT2D eigenvalue weighted by Gasteiger charge is 2.59. The minimum atomic E-state index is -2.31. The molecule has 0 radical (unpaired) electrons. The predicted octanol–water partition coefficient (Wildman–Crippen LogP) is 7.70. The number of amides is 1. The number of nitrogens with one attached hydrogen (secondary N) is 1. The van der Waals surface area contributed by atoms with Gasteiger partial charge in [-0.1, -0.05) is 18.1 Å². The van der Waals surface area contributed by atoms with Crippen molar-refractivity contribution in [3.63, 3.8) is 0 Å². The number of hydrogen-bond acceptors (Lipinski definition) is 9. The molecule has 3 aromatic carbocycles. The highest BCUT2D eigenvalue weighted by molar-refractivity contribution is 7.93. The van der Waals surface area contributed by atoms with Gasteiger partial charge in [-0.15, -0.1) is 0 Å². The van der Waals surface area contributed by atoms with E-state index in [1.54, 1.807) is 70.6 Å². The Morgan fingerprint density at radius 2 is 1.71 bits per heavy atom. The molecular formula is C49H52FN9O6S. The lowest BCUT2D eigenvalue weighted by molar-refractivity contribution is -0.0592. The van der Waals surface area contributed by atoms with Crippen molar-refractivity contribution in [2.75, 3.05) is 25.2 Å². The number of carbonyl (C=O) groups is 1. The number of imidazole rings is 1. The Hall–Kier alpha value is -6.33. The highest BCUT2D eigenvalue weighted by atomic mass is 32.2. The van der Waals surface area contributed by atoms with Crippen LogP contribution in [-0.2, 0) is 32.8 Å². The van der Waals surface area contributed by atoms with Crippen LogP contribution in [0.3, 0.4) is 0 Å². The van der Waals surface area contributed by atoms with Crippen LogP contribution in [-0.4, -0.2) is 79.4 Å². The fourth-order valence-corrected chi connectivity index (χ4v) is 12.3. The lowest BCUT2D eigenvalue weighted by Gasteiger charge is -2.35. The molecule has 1 amide bonds. The number of carbonyl (C=O) groups excluding carboxylic acids is 1. The first-order valence-corrected chi connectivity index (χ1v) is 24.7. The summed E-state index contributed by atoms with van der Waals surface area (Å²) in [7, 11) is -2.31. The first kappa shape index (κ1) is 42.3. The molecule has 4 aliphatic rings. The summed E-state index contributed by atoms with van der Waals surface area (Å²) in [5, 5.41) is 10.2. The Balaban J connectivity index is 1.05. The lowest BCUT2D eigenvalue weighted by atomic mass is 9.83. The molecule has 1 N–H and O–H groups in total. The topological polar surface area (TPSA) is 168 Å². The molecule has 66 heavy (non-hydrogen) atoms. The number of H-pyrrole nitrogens is 1. The molecule has 15 nitrogen and oxygen atoms in total. The quantitative estimate of drug-likeness (QED) is 0.170. The standard InChI is InChI=1S/C49H52FN9O6S/c1-27-20-36(21-28(2)42(27)50)59-43(57-17-16-56(47(57)62)35-9-10-37-32(23-35)14-19-66(7,63)54-37)41-30(4)55(15-12-38(41)52-59)44(60)40-24-34-22-31(33-13-18-64-48(5,6)26-33)8-11-39(34)58(40)49(25-29(49)3)45-51-46(61)65-53-45/h8-11,16-17,20-24,29-30,33H,12-15,18-19,25-26H2,1-7H3,(H,51,53,61)/t29-,30-,33-,49-,66?/m0/s1. The third kappa shape index (κ3) is 6.67. The Bertz CT molecular complexity index is 3410. The summed E-state index contributed by atoms with van der Waals surface area (Å²) < 4.78 is 50.4. The second-order valence-electron chi connectivity index (χ2n) is 19.5. The zero-order valence-electron chi connectivity index (χ0n) is 38.1. The summed E-state index contributed by atoms with van der Waals surface area (Å²) in [4.78, 5) is 47.4. The number of nitrogens with zero attached hydrogens (tertiary/aromatic N) is 8. The number of benzene rings is 3. The van der Waals surface area contributed by atoms with E-state index in [1.165, 1.54) is 5.56 Å². The molecule has 0 spiro atoms. The van der Waals surface area contributed by atoms with Crippen LogP contribution in [0.25, 0.3) is 28.1 Å². The number of rotatable bonds is 7.